The second-order valence-corrected chi connectivity index (χ2v) is 4.29. The van der Waals surface area contributed by atoms with Crippen molar-refractivity contribution in [3.05, 3.63) is 65.1 Å². The van der Waals surface area contributed by atoms with Gasteiger partial charge in [-0.25, -0.2) is 0 Å². The minimum Gasteiger partial charge on any atom is -0.0759 e. The van der Waals surface area contributed by atoms with E-state index in [-0.39, 0.29) is 0 Å². The predicted octanol–water partition coefficient (Wildman–Crippen LogP) is 3.51. The zero-order valence-corrected chi connectivity index (χ0v) is 8.79. The van der Waals surface area contributed by atoms with Gasteiger partial charge in [-0.3, -0.25) is 0 Å². The summed E-state index contributed by atoms with van der Waals surface area (Å²) < 4.78 is 0. The SMILES string of the molecule is [C]1C=CC2=C(C1)Cc1ccccc1CC2. The van der Waals surface area contributed by atoms with Crippen LogP contribution in [0.25, 0.3) is 0 Å². The number of fused-ring (bicyclic) bond motifs is 1. The Balaban J connectivity index is 2.01. The number of benzene rings is 1. The van der Waals surface area contributed by atoms with Gasteiger partial charge in [-0.2, -0.15) is 0 Å². The molecular weight excluding hydrogens is 180 g/mol. The third-order valence-electron chi connectivity index (χ3n) is 3.36. The fourth-order valence-corrected chi connectivity index (χ4v) is 2.48. The Hall–Kier alpha value is -1.30. The average molecular weight is 194 g/mol. The summed E-state index contributed by atoms with van der Waals surface area (Å²) in [5.74, 6) is 0. The number of aryl methyl sites for hydroxylation is 1. The van der Waals surface area contributed by atoms with Crippen molar-refractivity contribution in [2.24, 2.45) is 0 Å². The van der Waals surface area contributed by atoms with Crippen molar-refractivity contribution in [1.29, 1.82) is 0 Å². The summed E-state index contributed by atoms with van der Waals surface area (Å²) in [5, 5.41) is 0. The zero-order chi connectivity index (χ0) is 10.1. The first kappa shape index (κ1) is 8.96. The lowest BCUT2D eigenvalue weighted by Crippen LogP contribution is -1.97. The maximum atomic E-state index is 3.30. The van der Waals surface area contributed by atoms with Crippen LogP contribution in [-0.4, -0.2) is 0 Å². The van der Waals surface area contributed by atoms with E-state index in [4.69, 9.17) is 0 Å². The summed E-state index contributed by atoms with van der Waals surface area (Å²) in [6, 6.07) is 8.84. The van der Waals surface area contributed by atoms with E-state index in [0.717, 1.165) is 12.8 Å². The minimum atomic E-state index is 1.03. The van der Waals surface area contributed by atoms with Crippen LogP contribution in [-0.2, 0) is 12.8 Å². The highest BCUT2D eigenvalue weighted by Gasteiger charge is 2.15. The molecule has 0 saturated carbocycles. The largest absolute Gasteiger partial charge is 0.0759 e. The van der Waals surface area contributed by atoms with Crippen molar-refractivity contribution >= 4 is 0 Å². The molecule has 0 unspecified atom stereocenters. The van der Waals surface area contributed by atoms with E-state index in [2.05, 4.69) is 42.8 Å². The lowest BCUT2D eigenvalue weighted by atomic mass is 9.93. The highest BCUT2D eigenvalue weighted by Crippen LogP contribution is 2.30. The summed E-state index contributed by atoms with van der Waals surface area (Å²) >= 11 is 0. The van der Waals surface area contributed by atoms with Crippen LogP contribution >= 0.6 is 0 Å². The van der Waals surface area contributed by atoms with Crippen LogP contribution in [0.3, 0.4) is 0 Å². The molecule has 3 rings (SSSR count). The van der Waals surface area contributed by atoms with E-state index in [0.29, 0.717) is 0 Å². The smallest absolute Gasteiger partial charge is 0.0128 e. The molecule has 74 valence electrons. The number of hydrogen-bond donors (Lipinski definition) is 0. The van der Waals surface area contributed by atoms with Gasteiger partial charge in [0.05, 0.1) is 0 Å². The molecule has 0 heterocycles. The molecule has 1 aromatic carbocycles. The Kier molecular flexibility index (Phi) is 2.21. The quantitative estimate of drug-likeness (QED) is 0.593. The second kappa shape index (κ2) is 3.69. The summed E-state index contributed by atoms with van der Waals surface area (Å²) in [6.07, 6.45) is 12.2. The van der Waals surface area contributed by atoms with E-state index < -0.39 is 0 Å². The molecule has 0 nitrogen and oxygen atoms in total. The monoisotopic (exact) mass is 194 g/mol. The first-order chi connectivity index (χ1) is 7.43. The van der Waals surface area contributed by atoms with Crippen molar-refractivity contribution in [2.75, 3.05) is 0 Å². The maximum Gasteiger partial charge on any atom is 0.0128 e. The lowest BCUT2D eigenvalue weighted by molar-refractivity contribution is 0.942. The van der Waals surface area contributed by atoms with Gasteiger partial charge in [0, 0.05) is 6.42 Å². The zero-order valence-electron chi connectivity index (χ0n) is 8.79. The summed E-state index contributed by atoms with van der Waals surface area (Å²) in [5.41, 5.74) is 6.16. The first-order valence-electron chi connectivity index (χ1n) is 5.61. The normalized spacial score (nSPS) is 19.5. The average Bonchev–Trinajstić information content (AvgIpc) is 2.48. The fourth-order valence-electron chi connectivity index (χ4n) is 2.48. The predicted molar refractivity (Wildman–Crippen MR) is 62.5 cm³/mol. The molecule has 2 aliphatic carbocycles. The fraction of sp³-hybridized carbons (Fsp3) is 0.267. The number of allylic oxidation sites excluding steroid dienone is 4. The van der Waals surface area contributed by atoms with E-state index in [1.165, 1.54) is 24.0 Å². The molecule has 1 aromatic rings. The Labute approximate surface area is 91.3 Å². The molecular formula is C15H14. The summed E-state index contributed by atoms with van der Waals surface area (Å²) in [4.78, 5) is 0. The van der Waals surface area contributed by atoms with Gasteiger partial charge in [0.1, 0.15) is 0 Å². The van der Waals surface area contributed by atoms with Gasteiger partial charge in [-0.1, -0.05) is 42.0 Å². The molecule has 0 aromatic heterocycles. The first-order valence-corrected chi connectivity index (χ1v) is 5.61. The molecule has 0 aliphatic heterocycles. The van der Waals surface area contributed by atoms with Gasteiger partial charge in [0.2, 0.25) is 0 Å². The van der Waals surface area contributed by atoms with Crippen LogP contribution in [0.15, 0.2) is 47.6 Å². The van der Waals surface area contributed by atoms with Gasteiger partial charge >= 0.3 is 0 Å². The van der Waals surface area contributed by atoms with Crippen molar-refractivity contribution in [3.8, 4) is 0 Å². The minimum absolute atomic E-state index is 1.03. The highest BCUT2D eigenvalue weighted by atomic mass is 14.2. The van der Waals surface area contributed by atoms with Gasteiger partial charge < -0.3 is 0 Å². The molecule has 2 aliphatic rings. The van der Waals surface area contributed by atoms with Crippen LogP contribution in [0.4, 0.5) is 0 Å². The molecule has 0 atom stereocenters. The van der Waals surface area contributed by atoms with Crippen molar-refractivity contribution in [1.82, 2.24) is 0 Å². The molecule has 2 radical (unpaired) electrons. The summed E-state index contributed by atoms with van der Waals surface area (Å²) in [7, 11) is 0. The van der Waals surface area contributed by atoms with Gasteiger partial charge in [0.15, 0.2) is 0 Å². The second-order valence-electron chi connectivity index (χ2n) is 4.29. The van der Waals surface area contributed by atoms with Crippen LogP contribution < -0.4 is 0 Å². The molecule has 0 bridgehead atoms. The maximum absolute atomic E-state index is 3.30. The molecule has 0 fully saturated rings. The Bertz CT molecular complexity index is 435. The third-order valence-corrected chi connectivity index (χ3v) is 3.36. The molecule has 0 heteroatoms. The Morgan fingerprint density at radius 3 is 2.80 bits per heavy atom. The van der Waals surface area contributed by atoms with Crippen molar-refractivity contribution in [3.63, 3.8) is 0 Å². The number of hydrogen-bond acceptors (Lipinski definition) is 0. The van der Waals surface area contributed by atoms with Crippen LogP contribution in [0.2, 0.25) is 0 Å². The van der Waals surface area contributed by atoms with Gasteiger partial charge in [-0.15, -0.1) is 0 Å². The molecule has 0 N–H and O–H groups in total. The molecule has 0 spiro atoms. The van der Waals surface area contributed by atoms with E-state index in [1.54, 1.807) is 11.1 Å². The number of rotatable bonds is 0. The molecule has 0 amide bonds. The van der Waals surface area contributed by atoms with Gasteiger partial charge in [0.25, 0.3) is 0 Å². The van der Waals surface area contributed by atoms with Crippen LogP contribution in [0.5, 0.6) is 0 Å². The van der Waals surface area contributed by atoms with Gasteiger partial charge in [-0.05, 0) is 42.4 Å². The summed E-state index contributed by atoms with van der Waals surface area (Å²) in [6.45, 7) is 0. The Morgan fingerprint density at radius 2 is 1.87 bits per heavy atom. The van der Waals surface area contributed by atoms with Crippen molar-refractivity contribution < 1.29 is 0 Å². The molecule has 0 saturated heterocycles. The van der Waals surface area contributed by atoms with Crippen LogP contribution in [0, 0.1) is 6.42 Å². The Morgan fingerprint density at radius 1 is 1.00 bits per heavy atom. The standard InChI is InChI=1S/C15H14/c1-3-7-14-11-15-8-4-2-6-13(15)10-9-12(14)5-1/h1-3,5-7H,8-11H2. The molecule has 15 heavy (non-hydrogen) atoms. The lowest BCUT2D eigenvalue weighted by Gasteiger charge is -2.12. The van der Waals surface area contributed by atoms with Crippen LogP contribution in [0.1, 0.15) is 24.0 Å². The third kappa shape index (κ3) is 1.65. The van der Waals surface area contributed by atoms with Crippen molar-refractivity contribution in [2.45, 2.75) is 25.7 Å². The van der Waals surface area contributed by atoms with E-state index in [1.807, 2.05) is 0 Å². The van der Waals surface area contributed by atoms with E-state index in [9.17, 15) is 0 Å². The topological polar surface area (TPSA) is 0 Å². The highest BCUT2D eigenvalue weighted by molar-refractivity contribution is 5.42. The van der Waals surface area contributed by atoms with E-state index >= 15 is 0 Å².